The summed E-state index contributed by atoms with van der Waals surface area (Å²) in [5.41, 5.74) is 8.82. The molecule has 22 heavy (non-hydrogen) atoms. The van der Waals surface area contributed by atoms with E-state index in [2.05, 4.69) is 10.0 Å². The second-order valence-corrected chi connectivity index (χ2v) is 6.61. The van der Waals surface area contributed by atoms with E-state index in [9.17, 15) is 9.59 Å². The number of nitrogens with zero attached hydrogens (tertiary/aromatic N) is 4. The second-order valence-electron chi connectivity index (χ2n) is 4.09. The van der Waals surface area contributed by atoms with E-state index in [4.69, 9.17) is 45.1 Å². The van der Waals surface area contributed by atoms with E-state index < -0.39 is 22.4 Å². The largest absolute Gasteiger partial charge is 0.444 e. The van der Waals surface area contributed by atoms with Gasteiger partial charge in [-0.3, -0.25) is 9.36 Å². The zero-order valence-electron chi connectivity index (χ0n) is 10.7. The number of aromatic nitrogens is 1. The van der Waals surface area contributed by atoms with Crippen molar-refractivity contribution in [3.05, 3.63) is 46.5 Å². The van der Waals surface area contributed by atoms with Gasteiger partial charge in [-0.15, -0.1) is 0 Å². The Kier molecular flexibility index (Phi) is 4.83. The Balaban J connectivity index is 2.44. The summed E-state index contributed by atoms with van der Waals surface area (Å²) in [6.07, 6.45) is 0.380. The molecule has 0 unspecified atom stereocenters. The number of halogens is 3. The minimum absolute atomic E-state index is 0.0687. The summed E-state index contributed by atoms with van der Waals surface area (Å²) in [5, 5.41) is 3.45. The molecule has 1 amide bonds. The summed E-state index contributed by atoms with van der Waals surface area (Å²) < 4.78 is 4.19. The smallest absolute Gasteiger partial charge is 0.418 e. The van der Waals surface area contributed by atoms with Crippen LogP contribution in [0.25, 0.3) is 21.3 Å². The zero-order valence-corrected chi connectivity index (χ0v) is 13.0. The summed E-state index contributed by atoms with van der Waals surface area (Å²) in [7, 11) is 0. The molecule has 0 fully saturated rings. The van der Waals surface area contributed by atoms with Crippen LogP contribution in [-0.2, 0) is 4.74 Å². The maximum absolute atomic E-state index is 12.0. The summed E-state index contributed by atoms with van der Waals surface area (Å²) >= 11 is 16.5. The van der Waals surface area contributed by atoms with E-state index in [-0.39, 0.29) is 5.56 Å². The molecule has 0 spiro atoms. The van der Waals surface area contributed by atoms with E-state index in [1.54, 1.807) is 24.3 Å². The first-order valence-electron chi connectivity index (χ1n) is 5.77. The Hall–Kier alpha value is -1.92. The van der Waals surface area contributed by atoms with Gasteiger partial charge in [0.05, 0.1) is 11.1 Å². The number of para-hydroxylation sites is 1. The van der Waals surface area contributed by atoms with Crippen molar-refractivity contribution in [3.8, 4) is 0 Å². The van der Waals surface area contributed by atoms with Gasteiger partial charge in [0.15, 0.2) is 0 Å². The number of azide groups is 1. The van der Waals surface area contributed by atoms with E-state index in [1.807, 2.05) is 0 Å². The van der Waals surface area contributed by atoms with Crippen LogP contribution in [0.15, 0.2) is 35.6 Å². The fraction of sp³-hybridized carbons (Fsp3) is 0.167. The van der Waals surface area contributed by atoms with Gasteiger partial charge in [0, 0.05) is 16.5 Å². The SMILES string of the molecule is [N-]=[N+]=NC(=O)c1cn(C(=O)OCC(Cl)(Cl)Cl)c2ccccc12. The molecule has 7 nitrogen and oxygen atoms in total. The van der Waals surface area contributed by atoms with Gasteiger partial charge in [-0.05, 0) is 16.7 Å². The second kappa shape index (κ2) is 6.46. The summed E-state index contributed by atoms with van der Waals surface area (Å²) in [5.74, 6) is -0.813. The molecule has 0 aliphatic carbocycles. The molecule has 0 radical (unpaired) electrons. The molecular formula is C12H7Cl3N4O3. The highest BCUT2D eigenvalue weighted by molar-refractivity contribution is 6.67. The van der Waals surface area contributed by atoms with Crippen molar-refractivity contribution in [2.45, 2.75) is 3.79 Å². The Morgan fingerprint density at radius 1 is 1.32 bits per heavy atom. The highest BCUT2D eigenvalue weighted by atomic mass is 35.6. The maximum atomic E-state index is 12.0. The molecular weight excluding hydrogens is 355 g/mol. The first-order chi connectivity index (χ1) is 10.3. The molecule has 0 atom stereocenters. The number of alkyl halides is 3. The number of rotatable bonds is 2. The molecule has 0 bridgehead atoms. The molecule has 1 aromatic carbocycles. The van der Waals surface area contributed by atoms with Gasteiger partial charge in [-0.1, -0.05) is 53.0 Å². The van der Waals surface area contributed by atoms with E-state index >= 15 is 0 Å². The van der Waals surface area contributed by atoms with Crippen molar-refractivity contribution in [1.29, 1.82) is 0 Å². The molecule has 0 saturated heterocycles. The number of benzene rings is 1. The molecule has 1 aromatic heterocycles. The lowest BCUT2D eigenvalue weighted by atomic mass is 10.2. The molecule has 0 aliphatic rings. The summed E-state index contributed by atoms with van der Waals surface area (Å²) in [4.78, 5) is 26.3. The van der Waals surface area contributed by atoms with Crippen molar-refractivity contribution >= 4 is 57.7 Å². The normalized spacial score (nSPS) is 11.0. The average molecular weight is 362 g/mol. The van der Waals surface area contributed by atoms with Gasteiger partial charge in [0.2, 0.25) is 3.79 Å². The standard InChI is InChI=1S/C12H7Cl3N4O3/c13-12(14,15)6-22-11(21)19-5-8(10(20)17-18-16)7-3-1-2-4-9(7)19/h1-5H,6H2. The van der Waals surface area contributed by atoms with Crippen molar-refractivity contribution in [2.75, 3.05) is 6.61 Å². The Morgan fingerprint density at radius 2 is 2.00 bits per heavy atom. The van der Waals surface area contributed by atoms with E-state index in [1.165, 1.54) is 6.20 Å². The first kappa shape index (κ1) is 16.5. The highest BCUT2D eigenvalue weighted by Gasteiger charge is 2.24. The van der Waals surface area contributed by atoms with E-state index in [0.29, 0.717) is 10.9 Å². The maximum Gasteiger partial charge on any atom is 0.418 e. The molecule has 10 heteroatoms. The van der Waals surface area contributed by atoms with Gasteiger partial charge in [0.25, 0.3) is 5.91 Å². The third-order valence-electron chi connectivity index (χ3n) is 2.63. The van der Waals surface area contributed by atoms with Crippen LogP contribution < -0.4 is 0 Å². The molecule has 0 aliphatic heterocycles. The predicted octanol–water partition coefficient (Wildman–Crippen LogP) is 4.45. The molecule has 114 valence electrons. The number of carbonyl (C=O) groups excluding carboxylic acids is 2. The number of hydrogen-bond acceptors (Lipinski definition) is 3. The summed E-state index contributed by atoms with van der Waals surface area (Å²) in [6, 6.07) is 6.54. The van der Waals surface area contributed by atoms with Crippen molar-refractivity contribution < 1.29 is 14.3 Å². The number of ether oxygens (including phenoxy) is 1. The topological polar surface area (TPSA) is 97.1 Å². The number of fused-ring (bicyclic) bond motifs is 1. The number of amides is 1. The predicted molar refractivity (Wildman–Crippen MR) is 82.5 cm³/mol. The lowest BCUT2D eigenvalue weighted by molar-refractivity contribution is 0.100. The molecule has 2 aromatic rings. The van der Waals surface area contributed by atoms with Gasteiger partial charge in [0.1, 0.15) is 6.61 Å². The van der Waals surface area contributed by atoms with Crippen LogP contribution in [0.1, 0.15) is 10.4 Å². The van der Waals surface area contributed by atoms with Gasteiger partial charge in [-0.2, -0.15) is 0 Å². The van der Waals surface area contributed by atoms with Gasteiger partial charge < -0.3 is 4.74 Å². The lowest BCUT2D eigenvalue weighted by Gasteiger charge is -2.11. The third-order valence-corrected chi connectivity index (χ3v) is 2.96. The first-order valence-corrected chi connectivity index (χ1v) is 6.90. The van der Waals surface area contributed by atoms with Crippen LogP contribution >= 0.6 is 34.8 Å². The quantitative estimate of drug-likeness (QED) is 0.342. The summed E-state index contributed by atoms with van der Waals surface area (Å²) in [6.45, 7) is -0.456. The highest BCUT2D eigenvalue weighted by Crippen LogP contribution is 2.27. The van der Waals surface area contributed by atoms with Crippen molar-refractivity contribution in [2.24, 2.45) is 5.11 Å². The monoisotopic (exact) mass is 360 g/mol. The lowest BCUT2D eigenvalue weighted by Crippen LogP contribution is -2.20. The minimum Gasteiger partial charge on any atom is -0.444 e. The average Bonchev–Trinajstić information content (AvgIpc) is 2.84. The van der Waals surface area contributed by atoms with E-state index in [0.717, 1.165) is 4.57 Å². The fourth-order valence-electron chi connectivity index (χ4n) is 1.81. The molecule has 1 heterocycles. The fourth-order valence-corrected chi connectivity index (χ4v) is 1.97. The number of carbonyl (C=O) groups is 2. The van der Waals surface area contributed by atoms with Crippen LogP contribution in [0.3, 0.4) is 0 Å². The van der Waals surface area contributed by atoms with Gasteiger partial charge >= 0.3 is 6.09 Å². The molecule has 0 saturated carbocycles. The van der Waals surface area contributed by atoms with Crippen LogP contribution in [0.2, 0.25) is 0 Å². The zero-order chi connectivity index (χ0) is 16.3. The van der Waals surface area contributed by atoms with Crippen LogP contribution in [0, 0.1) is 0 Å². The van der Waals surface area contributed by atoms with Crippen LogP contribution in [0.4, 0.5) is 4.79 Å². The molecule has 0 N–H and O–H groups in total. The van der Waals surface area contributed by atoms with Crippen LogP contribution in [-0.4, -0.2) is 27.0 Å². The van der Waals surface area contributed by atoms with Gasteiger partial charge in [-0.25, -0.2) is 4.79 Å². The molecule has 2 rings (SSSR count). The van der Waals surface area contributed by atoms with Crippen LogP contribution in [0.5, 0.6) is 0 Å². The Bertz CT molecular complexity index is 791. The number of hydrogen-bond donors (Lipinski definition) is 0. The Morgan fingerprint density at radius 3 is 2.64 bits per heavy atom. The third kappa shape index (κ3) is 3.64. The minimum atomic E-state index is -1.75. The Labute approximate surface area is 138 Å². The van der Waals surface area contributed by atoms with Crippen molar-refractivity contribution in [3.63, 3.8) is 0 Å². The van der Waals surface area contributed by atoms with Crippen molar-refractivity contribution in [1.82, 2.24) is 4.57 Å².